The first-order valence-electron chi connectivity index (χ1n) is 7.59. The largest absolute Gasteiger partial charge is 0.478 e. The minimum Gasteiger partial charge on any atom is -0.478 e. The van der Waals surface area contributed by atoms with Crippen molar-refractivity contribution in [1.82, 2.24) is 0 Å². The molecule has 0 fully saturated rings. The van der Waals surface area contributed by atoms with E-state index in [9.17, 15) is 4.79 Å². The molecule has 0 aliphatic rings. The summed E-state index contributed by atoms with van der Waals surface area (Å²) in [4.78, 5) is 10.9. The lowest BCUT2D eigenvalue weighted by Crippen LogP contribution is -2.61. The lowest BCUT2D eigenvalue weighted by Gasteiger charge is -2.45. The molecule has 0 rings (SSSR count). The summed E-state index contributed by atoms with van der Waals surface area (Å²) in [6.07, 6.45) is 2.18. The summed E-state index contributed by atoms with van der Waals surface area (Å²) in [5.74, 6) is -4.46. The summed E-state index contributed by atoms with van der Waals surface area (Å²) in [6.45, 7) is 10.1. The minimum atomic E-state index is -1.69. The summed E-state index contributed by atoms with van der Waals surface area (Å²) >= 11 is 0. The van der Waals surface area contributed by atoms with Gasteiger partial charge in [-0.2, -0.15) is 0 Å². The first-order chi connectivity index (χ1) is 10.5. The van der Waals surface area contributed by atoms with Crippen LogP contribution in [-0.2, 0) is 28.5 Å². The van der Waals surface area contributed by atoms with Crippen molar-refractivity contribution in [1.29, 1.82) is 0 Å². The van der Waals surface area contributed by atoms with Crippen molar-refractivity contribution in [3.8, 4) is 0 Å². The molecule has 0 bridgehead atoms. The maximum Gasteiger partial charge on any atom is 0.344 e. The summed E-state index contributed by atoms with van der Waals surface area (Å²) in [7, 11) is 0. The molecule has 0 radical (unpaired) electrons. The highest BCUT2D eigenvalue weighted by molar-refractivity contribution is 5.79. The van der Waals surface area contributed by atoms with Crippen LogP contribution < -0.4 is 0 Å². The number of aliphatic carboxylic acids is 1. The number of hydrogen-bond donors (Lipinski definition) is 1. The van der Waals surface area contributed by atoms with Gasteiger partial charge >= 0.3 is 11.9 Å². The third-order valence-electron chi connectivity index (χ3n) is 2.59. The molecular weight excluding hydrogens is 292 g/mol. The topological polar surface area (TPSA) is 83.5 Å². The molecule has 0 heterocycles. The van der Waals surface area contributed by atoms with Crippen molar-refractivity contribution < 1.29 is 33.6 Å². The van der Waals surface area contributed by atoms with Crippen molar-refractivity contribution in [3.05, 3.63) is 12.2 Å². The average Bonchev–Trinajstić information content (AvgIpc) is 2.45. The van der Waals surface area contributed by atoms with Crippen LogP contribution in [0.5, 0.6) is 0 Å². The van der Waals surface area contributed by atoms with Crippen molar-refractivity contribution in [2.24, 2.45) is 0 Å². The Bertz CT molecular complexity index is 318. The Kier molecular flexibility index (Phi) is 10.2. The standard InChI is InChI=1S/C15H28O7/c1-6-18-14(19-7-2,12-11-13(16)17)15(20-8-3,21-9-4)22-10-5/h11-12H,6-10H2,1-5H3,(H,16,17). The fourth-order valence-corrected chi connectivity index (χ4v) is 2.02. The van der Waals surface area contributed by atoms with Crippen molar-refractivity contribution in [3.63, 3.8) is 0 Å². The van der Waals surface area contributed by atoms with Gasteiger partial charge in [0.1, 0.15) is 0 Å². The summed E-state index contributed by atoms with van der Waals surface area (Å²) in [6, 6.07) is 0. The van der Waals surface area contributed by atoms with Crippen LogP contribution in [0.1, 0.15) is 34.6 Å². The quantitative estimate of drug-likeness (QED) is 0.411. The number of carbonyl (C=O) groups is 1. The molecule has 0 aromatic heterocycles. The van der Waals surface area contributed by atoms with Crippen LogP contribution in [-0.4, -0.2) is 55.9 Å². The molecule has 0 aromatic carbocycles. The molecule has 1 N–H and O–H groups in total. The van der Waals surface area contributed by atoms with E-state index in [0.717, 1.165) is 6.08 Å². The van der Waals surface area contributed by atoms with Gasteiger partial charge in [-0.15, -0.1) is 0 Å². The Labute approximate surface area is 132 Å². The van der Waals surface area contributed by atoms with Gasteiger partial charge in [0.05, 0.1) is 0 Å². The van der Waals surface area contributed by atoms with E-state index < -0.39 is 17.7 Å². The third kappa shape index (κ3) is 5.33. The van der Waals surface area contributed by atoms with Crippen molar-refractivity contribution in [2.75, 3.05) is 33.0 Å². The van der Waals surface area contributed by atoms with Gasteiger partial charge in [-0.25, -0.2) is 4.79 Å². The summed E-state index contributed by atoms with van der Waals surface area (Å²) in [5, 5.41) is 8.95. The SMILES string of the molecule is CCOC(C=CC(=O)O)(OCC)C(OCC)(OCC)OCC. The van der Waals surface area contributed by atoms with Crippen LogP contribution in [0.4, 0.5) is 0 Å². The first kappa shape index (κ1) is 21.0. The number of carboxylic acids is 1. The molecule has 22 heavy (non-hydrogen) atoms. The molecular formula is C15H28O7. The third-order valence-corrected chi connectivity index (χ3v) is 2.59. The van der Waals surface area contributed by atoms with Crippen LogP contribution in [0.25, 0.3) is 0 Å². The predicted octanol–water partition coefficient (Wildman–Crippen LogP) is 2.16. The number of ether oxygens (including phenoxy) is 5. The molecule has 0 aliphatic carbocycles. The van der Waals surface area contributed by atoms with Gasteiger partial charge in [0.25, 0.3) is 5.79 Å². The molecule has 0 spiro atoms. The molecule has 0 saturated heterocycles. The van der Waals surface area contributed by atoms with Gasteiger partial charge in [0, 0.05) is 39.1 Å². The molecule has 0 atom stereocenters. The highest BCUT2D eigenvalue weighted by atomic mass is 16.9. The first-order valence-corrected chi connectivity index (χ1v) is 7.59. The van der Waals surface area contributed by atoms with Crippen LogP contribution in [0.3, 0.4) is 0 Å². The zero-order valence-corrected chi connectivity index (χ0v) is 14.1. The second-order valence-electron chi connectivity index (χ2n) is 4.06. The minimum absolute atomic E-state index is 0.249. The van der Waals surface area contributed by atoms with Gasteiger partial charge < -0.3 is 28.8 Å². The smallest absolute Gasteiger partial charge is 0.344 e. The molecule has 0 amide bonds. The van der Waals surface area contributed by atoms with Crippen molar-refractivity contribution >= 4 is 5.97 Å². The second-order valence-corrected chi connectivity index (χ2v) is 4.06. The molecule has 7 heteroatoms. The Morgan fingerprint density at radius 2 is 1.18 bits per heavy atom. The predicted molar refractivity (Wildman–Crippen MR) is 80.4 cm³/mol. The zero-order valence-electron chi connectivity index (χ0n) is 14.1. The molecule has 0 aromatic rings. The summed E-state index contributed by atoms with van der Waals surface area (Å²) < 4.78 is 28.4. The fraction of sp³-hybridized carbons (Fsp3) is 0.800. The lowest BCUT2D eigenvalue weighted by atomic mass is 10.1. The number of rotatable bonds is 13. The fourth-order valence-electron chi connectivity index (χ4n) is 2.02. The highest BCUT2D eigenvalue weighted by Crippen LogP contribution is 2.36. The van der Waals surface area contributed by atoms with E-state index in [1.807, 2.05) is 0 Å². The van der Waals surface area contributed by atoms with E-state index in [1.165, 1.54) is 6.08 Å². The summed E-state index contributed by atoms with van der Waals surface area (Å²) in [5.41, 5.74) is 0. The Morgan fingerprint density at radius 3 is 1.45 bits per heavy atom. The molecule has 0 unspecified atom stereocenters. The van der Waals surface area contributed by atoms with Crippen LogP contribution >= 0.6 is 0 Å². The molecule has 0 aliphatic heterocycles. The van der Waals surface area contributed by atoms with Crippen LogP contribution in [0.15, 0.2) is 12.2 Å². The van der Waals surface area contributed by atoms with E-state index in [0.29, 0.717) is 0 Å². The van der Waals surface area contributed by atoms with E-state index in [-0.39, 0.29) is 33.0 Å². The van der Waals surface area contributed by atoms with Gasteiger partial charge in [-0.3, -0.25) is 0 Å². The normalized spacial score (nSPS) is 13.0. The Morgan fingerprint density at radius 1 is 0.818 bits per heavy atom. The molecule has 0 saturated carbocycles. The number of hydrogen-bond acceptors (Lipinski definition) is 6. The van der Waals surface area contributed by atoms with Gasteiger partial charge in [0.2, 0.25) is 0 Å². The van der Waals surface area contributed by atoms with Crippen molar-refractivity contribution in [2.45, 2.75) is 46.4 Å². The zero-order chi connectivity index (χ0) is 17.1. The monoisotopic (exact) mass is 320 g/mol. The molecule has 7 nitrogen and oxygen atoms in total. The lowest BCUT2D eigenvalue weighted by molar-refractivity contribution is -0.481. The van der Waals surface area contributed by atoms with E-state index >= 15 is 0 Å². The van der Waals surface area contributed by atoms with E-state index in [1.54, 1.807) is 34.6 Å². The Balaban J connectivity index is 6.00. The second kappa shape index (κ2) is 10.7. The van der Waals surface area contributed by atoms with Gasteiger partial charge in [-0.1, -0.05) is 0 Å². The maximum atomic E-state index is 10.9. The van der Waals surface area contributed by atoms with E-state index in [2.05, 4.69) is 0 Å². The highest BCUT2D eigenvalue weighted by Gasteiger charge is 2.57. The van der Waals surface area contributed by atoms with Gasteiger partial charge in [0.15, 0.2) is 0 Å². The van der Waals surface area contributed by atoms with E-state index in [4.69, 9.17) is 28.8 Å². The maximum absolute atomic E-state index is 10.9. The van der Waals surface area contributed by atoms with Crippen LogP contribution in [0.2, 0.25) is 0 Å². The molecule has 130 valence electrons. The number of carboxylic acid groups (broad SMARTS) is 1. The van der Waals surface area contributed by atoms with Gasteiger partial charge in [-0.05, 0) is 40.7 Å². The van der Waals surface area contributed by atoms with Crippen LogP contribution in [0, 0.1) is 0 Å². The average molecular weight is 320 g/mol. The Hall–Kier alpha value is -0.990.